The van der Waals surface area contributed by atoms with Crippen LogP contribution in [0.4, 0.5) is 0 Å². The maximum atomic E-state index is 9.82. The van der Waals surface area contributed by atoms with Crippen LogP contribution < -0.4 is 0 Å². The van der Waals surface area contributed by atoms with Crippen LogP contribution in [-0.2, 0) is 14.3 Å². The fourth-order valence-electron chi connectivity index (χ4n) is 0.866. The Kier molecular flexibility index (Phi) is 21.7. The predicted octanol–water partition coefficient (Wildman–Crippen LogP) is 2.18. The predicted molar refractivity (Wildman–Crippen MR) is 75.1 cm³/mol. The summed E-state index contributed by atoms with van der Waals surface area (Å²) in [7, 11) is 1.00. The summed E-state index contributed by atoms with van der Waals surface area (Å²) in [6.45, 7) is 7.64. The molecule has 0 saturated carbocycles. The first kappa shape index (κ1) is 22.3. The Morgan fingerprint density at radius 1 is 1.21 bits per heavy atom. The molecule has 0 spiro atoms. The number of hydrogen-bond acceptors (Lipinski definition) is 4. The zero-order valence-electron chi connectivity index (χ0n) is 12.2. The number of esters is 1. The van der Waals surface area contributed by atoms with Crippen molar-refractivity contribution in [1.82, 2.24) is 0 Å². The van der Waals surface area contributed by atoms with Crippen LogP contribution >= 0.6 is 0 Å². The highest BCUT2D eigenvalue weighted by Gasteiger charge is 1.84. The average Bonchev–Trinajstić information content (AvgIpc) is 2.37. The zero-order chi connectivity index (χ0) is 15.7. The van der Waals surface area contributed by atoms with Gasteiger partial charge in [-0.3, -0.25) is 9.59 Å². The van der Waals surface area contributed by atoms with Crippen molar-refractivity contribution in [3.8, 4) is 0 Å². The van der Waals surface area contributed by atoms with Gasteiger partial charge in [-0.1, -0.05) is 24.3 Å². The average molecular weight is 272 g/mol. The van der Waals surface area contributed by atoms with E-state index in [-0.39, 0.29) is 12.4 Å². The molecule has 0 radical (unpaired) electrons. The van der Waals surface area contributed by atoms with E-state index in [0.29, 0.717) is 6.61 Å². The summed E-state index contributed by atoms with van der Waals surface area (Å²) in [5.74, 6) is -0.211. The van der Waals surface area contributed by atoms with Gasteiger partial charge < -0.3 is 14.9 Å². The van der Waals surface area contributed by atoms with Crippen LogP contribution in [-0.4, -0.2) is 36.4 Å². The van der Waals surface area contributed by atoms with Crippen molar-refractivity contribution in [2.75, 3.05) is 13.7 Å². The van der Waals surface area contributed by atoms with E-state index in [0.717, 1.165) is 7.11 Å². The number of rotatable bonds is 1. The minimum Gasteiger partial charge on any atom is -0.483 e. The SMILES string of the molecule is CCOC(C)=O.CO.Cc1ccccc1C.O=CO. The smallest absolute Gasteiger partial charge is 0.302 e. The molecule has 1 rings (SSSR count). The molecular formula is C14H24O5. The van der Waals surface area contributed by atoms with Gasteiger partial charge in [0.15, 0.2) is 0 Å². The third kappa shape index (κ3) is 21.9. The van der Waals surface area contributed by atoms with Crippen LogP contribution in [0.2, 0.25) is 0 Å². The number of aliphatic hydroxyl groups is 1. The number of benzene rings is 1. The van der Waals surface area contributed by atoms with Gasteiger partial charge in [0.1, 0.15) is 0 Å². The van der Waals surface area contributed by atoms with Crippen LogP contribution in [0.3, 0.4) is 0 Å². The van der Waals surface area contributed by atoms with Crippen molar-refractivity contribution in [1.29, 1.82) is 0 Å². The molecule has 0 aliphatic heterocycles. The Labute approximate surface area is 114 Å². The third-order valence-electron chi connectivity index (χ3n) is 1.77. The Balaban J connectivity index is -0.000000207. The molecule has 0 atom stereocenters. The molecule has 0 aliphatic rings. The Morgan fingerprint density at radius 3 is 1.63 bits per heavy atom. The second kappa shape index (κ2) is 18.5. The Hall–Kier alpha value is -1.88. The number of carbonyl (C=O) groups is 2. The van der Waals surface area contributed by atoms with E-state index in [1.54, 1.807) is 6.92 Å². The van der Waals surface area contributed by atoms with Gasteiger partial charge in [0, 0.05) is 14.0 Å². The van der Waals surface area contributed by atoms with E-state index < -0.39 is 0 Å². The van der Waals surface area contributed by atoms with Crippen LogP contribution in [0.1, 0.15) is 25.0 Å². The van der Waals surface area contributed by atoms with Crippen LogP contribution in [0.15, 0.2) is 24.3 Å². The Bertz CT molecular complexity index is 302. The lowest BCUT2D eigenvalue weighted by atomic mass is 10.1. The lowest BCUT2D eigenvalue weighted by Crippen LogP contribution is -1.95. The van der Waals surface area contributed by atoms with E-state index in [4.69, 9.17) is 15.0 Å². The highest BCUT2D eigenvalue weighted by molar-refractivity contribution is 5.65. The van der Waals surface area contributed by atoms with Crippen LogP contribution in [0, 0.1) is 13.8 Å². The van der Waals surface area contributed by atoms with Crippen LogP contribution in [0.25, 0.3) is 0 Å². The monoisotopic (exact) mass is 272 g/mol. The maximum absolute atomic E-state index is 9.82. The summed E-state index contributed by atoms with van der Waals surface area (Å²) in [5, 5.41) is 13.9. The molecule has 0 fully saturated rings. The van der Waals surface area contributed by atoms with Gasteiger partial charge in [-0.15, -0.1) is 0 Å². The number of carboxylic acid groups (broad SMARTS) is 1. The topological polar surface area (TPSA) is 83.8 Å². The normalized spacial score (nSPS) is 7.26. The standard InChI is InChI=1S/C8H10.C4H8O2.CH2O2.CH4O/c1-7-5-3-4-6-8(7)2;1-3-6-4(2)5;2-1-3;1-2/h3-6H,1-2H3;3H2,1-2H3;1H,(H,2,3);2H,1H3. The molecule has 0 heterocycles. The van der Waals surface area contributed by atoms with Crippen molar-refractivity contribution >= 4 is 12.4 Å². The van der Waals surface area contributed by atoms with Crippen molar-refractivity contribution < 1.29 is 24.5 Å². The molecule has 19 heavy (non-hydrogen) atoms. The quantitative estimate of drug-likeness (QED) is 0.604. The summed E-state index contributed by atoms with van der Waals surface area (Å²) in [5.41, 5.74) is 2.74. The summed E-state index contributed by atoms with van der Waals surface area (Å²) in [4.78, 5) is 18.2. The van der Waals surface area contributed by atoms with Crippen molar-refractivity contribution in [2.24, 2.45) is 0 Å². The maximum Gasteiger partial charge on any atom is 0.302 e. The summed E-state index contributed by atoms with van der Waals surface area (Å²) in [6.07, 6.45) is 0. The van der Waals surface area contributed by atoms with E-state index in [1.165, 1.54) is 18.1 Å². The summed E-state index contributed by atoms with van der Waals surface area (Å²) in [6, 6.07) is 8.36. The van der Waals surface area contributed by atoms with Gasteiger partial charge >= 0.3 is 5.97 Å². The largest absolute Gasteiger partial charge is 0.483 e. The molecule has 1 aromatic rings. The number of aliphatic hydroxyl groups excluding tert-OH is 1. The molecule has 5 nitrogen and oxygen atoms in total. The van der Waals surface area contributed by atoms with Gasteiger partial charge in [0.05, 0.1) is 6.61 Å². The minimum atomic E-state index is -0.250. The number of carbonyl (C=O) groups excluding carboxylic acids is 1. The first-order chi connectivity index (χ1) is 8.99. The van der Waals surface area contributed by atoms with E-state index >= 15 is 0 Å². The highest BCUT2D eigenvalue weighted by Crippen LogP contribution is 2.02. The molecule has 5 heteroatoms. The molecule has 0 saturated heterocycles. The molecule has 0 aliphatic carbocycles. The first-order valence-electron chi connectivity index (χ1n) is 5.67. The van der Waals surface area contributed by atoms with Crippen molar-refractivity contribution in [2.45, 2.75) is 27.7 Å². The van der Waals surface area contributed by atoms with E-state index in [9.17, 15) is 4.79 Å². The van der Waals surface area contributed by atoms with Gasteiger partial charge in [0.2, 0.25) is 0 Å². The molecule has 2 N–H and O–H groups in total. The van der Waals surface area contributed by atoms with Gasteiger partial charge in [-0.2, -0.15) is 0 Å². The highest BCUT2D eigenvalue weighted by atomic mass is 16.5. The van der Waals surface area contributed by atoms with Gasteiger partial charge in [0.25, 0.3) is 6.47 Å². The molecule has 110 valence electrons. The Morgan fingerprint density at radius 2 is 1.53 bits per heavy atom. The van der Waals surface area contributed by atoms with Crippen molar-refractivity contribution in [3.63, 3.8) is 0 Å². The molecule has 1 aromatic carbocycles. The summed E-state index contributed by atoms with van der Waals surface area (Å²) >= 11 is 0. The van der Waals surface area contributed by atoms with E-state index in [2.05, 4.69) is 42.8 Å². The second-order valence-electron chi connectivity index (χ2n) is 3.11. The molecule has 0 bridgehead atoms. The molecular weight excluding hydrogens is 248 g/mol. The first-order valence-corrected chi connectivity index (χ1v) is 5.67. The van der Waals surface area contributed by atoms with Gasteiger partial charge in [-0.25, -0.2) is 0 Å². The fourth-order valence-corrected chi connectivity index (χ4v) is 0.866. The number of ether oxygens (including phenoxy) is 1. The molecule has 0 aromatic heterocycles. The summed E-state index contributed by atoms with van der Waals surface area (Å²) < 4.78 is 4.40. The fraction of sp³-hybridized carbons (Fsp3) is 0.429. The lowest BCUT2D eigenvalue weighted by molar-refractivity contribution is -0.140. The molecule has 0 amide bonds. The zero-order valence-corrected chi connectivity index (χ0v) is 12.2. The van der Waals surface area contributed by atoms with E-state index in [1.807, 2.05) is 0 Å². The second-order valence-corrected chi connectivity index (χ2v) is 3.11. The minimum absolute atomic E-state index is 0.211. The van der Waals surface area contributed by atoms with Crippen molar-refractivity contribution in [3.05, 3.63) is 35.4 Å². The number of aryl methyl sites for hydroxylation is 2. The lowest BCUT2D eigenvalue weighted by Gasteiger charge is -1.93. The van der Waals surface area contributed by atoms with Gasteiger partial charge in [-0.05, 0) is 31.9 Å². The molecule has 0 unspecified atom stereocenters. The van der Waals surface area contributed by atoms with Crippen LogP contribution in [0.5, 0.6) is 0 Å². The number of hydrogen-bond donors (Lipinski definition) is 2. The third-order valence-corrected chi connectivity index (χ3v) is 1.77.